The van der Waals surface area contributed by atoms with Gasteiger partial charge in [-0.15, -0.1) is 0 Å². The molecule has 0 spiro atoms. The van der Waals surface area contributed by atoms with E-state index in [2.05, 4.69) is 21.7 Å². The van der Waals surface area contributed by atoms with Crippen molar-refractivity contribution in [1.82, 2.24) is 9.47 Å². The number of amides is 1. The number of hydrogen-bond donors (Lipinski definition) is 3. The maximum absolute atomic E-state index is 13.1. The second kappa shape index (κ2) is 10.7. The van der Waals surface area contributed by atoms with Gasteiger partial charge in [-0.3, -0.25) is 4.79 Å². The second-order valence-corrected chi connectivity index (χ2v) is 9.34. The number of nitrogens with two attached hydrogens (primary N) is 1. The largest absolute Gasteiger partial charge is 0.396 e. The molecule has 0 bridgehead atoms. The molecule has 0 atom stereocenters. The van der Waals surface area contributed by atoms with E-state index in [1.165, 1.54) is 12.1 Å². The lowest BCUT2D eigenvalue weighted by Crippen LogP contribution is -2.43. The maximum atomic E-state index is 13.1. The van der Waals surface area contributed by atoms with Gasteiger partial charge in [0.05, 0.1) is 5.41 Å². The molecule has 2 heterocycles. The van der Waals surface area contributed by atoms with Crippen molar-refractivity contribution in [3.63, 3.8) is 0 Å². The fraction of sp³-hybridized carbons (Fsp3) is 0.444. The predicted molar refractivity (Wildman–Crippen MR) is 131 cm³/mol. The number of aromatic nitrogens is 1. The van der Waals surface area contributed by atoms with E-state index in [0.717, 1.165) is 60.9 Å². The zero-order valence-corrected chi connectivity index (χ0v) is 19.5. The van der Waals surface area contributed by atoms with Crippen molar-refractivity contribution in [2.75, 3.05) is 32.8 Å². The Morgan fingerprint density at radius 2 is 1.71 bits per heavy atom. The maximum Gasteiger partial charge on any atom is 0.228 e. The predicted octanol–water partition coefficient (Wildman–Crippen LogP) is 3.15. The third-order valence-electron chi connectivity index (χ3n) is 7.41. The Labute approximate surface area is 199 Å². The van der Waals surface area contributed by atoms with Crippen molar-refractivity contribution < 1.29 is 19.4 Å². The van der Waals surface area contributed by atoms with E-state index >= 15 is 0 Å². The van der Waals surface area contributed by atoms with Crippen LogP contribution in [0.2, 0.25) is 0 Å². The Hall–Kier alpha value is -2.74. The number of piperidine rings is 1. The van der Waals surface area contributed by atoms with Gasteiger partial charge in [0, 0.05) is 50.6 Å². The second-order valence-electron chi connectivity index (χ2n) is 9.34. The zero-order valence-electron chi connectivity index (χ0n) is 19.5. The minimum Gasteiger partial charge on any atom is -0.396 e. The molecule has 0 aliphatic carbocycles. The monoisotopic (exact) mass is 467 g/mol. The first-order valence-corrected chi connectivity index (χ1v) is 12.1. The highest BCUT2D eigenvalue weighted by Gasteiger charge is 2.38. The number of nitrogens with zero attached hydrogens (tertiary/aromatic N) is 2. The number of carbonyl (C=O) groups excluding carboxylic acids is 1. The number of aliphatic hydroxyl groups excluding tert-OH is 2. The molecule has 2 aromatic carbocycles. The molecule has 4 rings (SSSR count). The number of likely N-dealkylation sites (tertiary alicyclic amines) is 1. The standard InChI is InChI=1S/C27H34FN3O3/c28-23-5-1-20(2-6-23)7-13-30-14-9-24(10-15-30)31-16-8-21-3-4-22(19-25(21)31)27(11-17-32,12-18-33)26(29)34/h1-6,8,16,19,24,32-33H,7,9-15,17-18H2,(H2,29,34). The van der Waals surface area contributed by atoms with Gasteiger partial charge in [-0.1, -0.05) is 24.3 Å². The fourth-order valence-electron chi connectivity index (χ4n) is 5.31. The summed E-state index contributed by atoms with van der Waals surface area (Å²) in [4.78, 5) is 14.9. The van der Waals surface area contributed by atoms with Crippen LogP contribution in [-0.4, -0.2) is 58.4 Å². The van der Waals surface area contributed by atoms with Crippen LogP contribution in [0.3, 0.4) is 0 Å². The molecule has 0 radical (unpaired) electrons. The molecule has 7 heteroatoms. The van der Waals surface area contributed by atoms with E-state index in [9.17, 15) is 19.4 Å². The highest BCUT2D eigenvalue weighted by atomic mass is 19.1. The lowest BCUT2D eigenvalue weighted by Gasteiger charge is -2.33. The van der Waals surface area contributed by atoms with Crippen LogP contribution in [0, 0.1) is 5.82 Å². The summed E-state index contributed by atoms with van der Waals surface area (Å²) in [5.74, 6) is -0.727. The van der Waals surface area contributed by atoms with E-state index in [1.807, 2.05) is 30.3 Å². The molecule has 4 N–H and O–H groups in total. The summed E-state index contributed by atoms with van der Waals surface area (Å²) in [7, 11) is 0. The molecule has 1 fully saturated rings. The molecule has 0 unspecified atom stereocenters. The van der Waals surface area contributed by atoms with Gasteiger partial charge < -0.3 is 25.4 Å². The van der Waals surface area contributed by atoms with E-state index in [-0.39, 0.29) is 31.9 Å². The van der Waals surface area contributed by atoms with E-state index in [4.69, 9.17) is 5.73 Å². The summed E-state index contributed by atoms with van der Waals surface area (Å²) in [5, 5.41) is 20.3. The van der Waals surface area contributed by atoms with Crippen molar-refractivity contribution in [2.45, 2.75) is 43.6 Å². The van der Waals surface area contributed by atoms with Crippen LogP contribution >= 0.6 is 0 Å². The Morgan fingerprint density at radius 1 is 1.03 bits per heavy atom. The quantitative estimate of drug-likeness (QED) is 0.427. The van der Waals surface area contributed by atoms with Gasteiger partial charge in [-0.2, -0.15) is 0 Å². The topological polar surface area (TPSA) is 91.7 Å². The highest BCUT2D eigenvalue weighted by Crippen LogP contribution is 2.35. The summed E-state index contributed by atoms with van der Waals surface area (Å²) in [6, 6.07) is 15.1. The molecular weight excluding hydrogens is 433 g/mol. The Kier molecular flexibility index (Phi) is 7.66. The first-order chi connectivity index (χ1) is 16.5. The van der Waals surface area contributed by atoms with Gasteiger partial charge in [0.25, 0.3) is 0 Å². The zero-order chi connectivity index (χ0) is 24.1. The van der Waals surface area contributed by atoms with Gasteiger partial charge in [0.15, 0.2) is 0 Å². The van der Waals surface area contributed by atoms with Crippen molar-refractivity contribution in [2.24, 2.45) is 5.73 Å². The summed E-state index contributed by atoms with van der Waals surface area (Å²) in [5.41, 5.74) is 7.63. The molecule has 1 saturated heterocycles. The Morgan fingerprint density at radius 3 is 2.32 bits per heavy atom. The third-order valence-corrected chi connectivity index (χ3v) is 7.41. The molecule has 1 amide bonds. The molecule has 3 aromatic rings. The number of rotatable bonds is 10. The number of carbonyl (C=O) groups is 1. The molecular formula is C27H34FN3O3. The van der Waals surface area contributed by atoms with Gasteiger partial charge in [-0.25, -0.2) is 4.39 Å². The normalized spacial score (nSPS) is 15.7. The third kappa shape index (κ3) is 5.02. The van der Waals surface area contributed by atoms with Crippen molar-refractivity contribution in [3.8, 4) is 0 Å². The van der Waals surface area contributed by atoms with Crippen molar-refractivity contribution in [1.29, 1.82) is 0 Å². The van der Waals surface area contributed by atoms with Crippen molar-refractivity contribution >= 4 is 16.8 Å². The van der Waals surface area contributed by atoms with Crippen LogP contribution in [-0.2, 0) is 16.6 Å². The SMILES string of the molecule is NC(=O)C(CCO)(CCO)c1ccc2ccn(C3CCN(CCc4ccc(F)cc4)CC3)c2c1. The number of primary amides is 1. The summed E-state index contributed by atoms with van der Waals surface area (Å²) in [6.07, 6.45) is 5.42. The van der Waals surface area contributed by atoms with Crippen LogP contribution in [0.15, 0.2) is 54.7 Å². The average Bonchev–Trinajstić information content (AvgIpc) is 3.27. The van der Waals surface area contributed by atoms with Crippen LogP contribution in [0.5, 0.6) is 0 Å². The van der Waals surface area contributed by atoms with Gasteiger partial charge in [0.1, 0.15) is 5.82 Å². The molecule has 6 nitrogen and oxygen atoms in total. The van der Waals surface area contributed by atoms with E-state index < -0.39 is 11.3 Å². The number of benzene rings is 2. The molecule has 1 aromatic heterocycles. The minimum atomic E-state index is -1.09. The smallest absolute Gasteiger partial charge is 0.228 e. The Balaban J connectivity index is 1.48. The molecule has 1 aliphatic heterocycles. The number of aliphatic hydroxyl groups is 2. The molecule has 0 saturated carbocycles. The summed E-state index contributed by atoms with van der Waals surface area (Å²) < 4.78 is 15.4. The van der Waals surface area contributed by atoms with Gasteiger partial charge >= 0.3 is 0 Å². The number of halogens is 1. The number of hydrogen-bond acceptors (Lipinski definition) is 4. The first kappa shape index (κ1) is 24.4. The molecule has 34 heavy (non-hydrogen) atoms. The number of fused-ring (bicyclic) bond motifs is 1. The molecule has 1 aliphatic rings. The summed E-state index contributed by atoms with van der Waals surface area (Å²) >= 11 is 0. The van der Waals surface area contributed by atoms with E-state index in [1.54, 1.807) is 0 Å². The van der Waals surface area contributed by atoms with Crippen molar-refractivity contribution in [3.05, 3.63) is 71.7 Å². The molecule has 182 valence electrons. The van der Waals surface area contributed by atoms with Gasteiger partial charge in [0.2, 0.25) is 5.91 Å². The van der Waals surface area contributed by atoms with Gasteiger partial charge in [-0.05, 0) is 72.9 Å². The fourth-order valence-corrected chi connectivity index (χ4v) is 5.31. The average molecular weight is 468 g/mol. The van der Waals surface area contributed by atoms with Crippen LogP contribution < -0.4 is 5.73 Å². The lowest BCUT2D eigenvalue weighted by molar-refractivity contribution is -0.124. The lowest BCUT2D eigenvalue weighted by atomic mass is 9.74. The first-order valence-electron chi connectivity index (χ1n) is 12.1. The minimum absolute atomic E-state index is 0.182. The van der Waals surface area contributed by atoms with Crippen LogP contribution in [0.4, 0.5) is 4.39 Å². The highest BCUT2D eigenvalue weighted by molar-refractivity contribution is 5.89. The summed E-state index contributed by atoms with van der Waals surface area (Å²) in [6.45, 7) is 2.58. The Bertz CT molecular complexity index is 1100. The van der Waals surface area contributed by atoms with Crippen LogP contribution in [0.25, 0.3) is 10.9 Å². The van der Waals surface area contributed by atoms with Crippen LogP contribution in [0.1, 0.15) is 42.9 Å². The van der Waals surface area contributed by atoms with E-state index in [0.29, 0.717) is 6.04 Å².